The van der Waals surface area contributed by atoms with E-state index in [0.29, 0.717) is 11.5 Å². The van der Waals surface area contributed by atoms with Gasteiger partial charge in [-0.25, -0.2) is 9.78 Å². The Hall–Kier alpha value is -2.31. The molecule has 114 valence electrons. The van der Waals surface area contributed by atoms with Gasteiger partial charge in [-0.2, -0.15) is 0 Å². The Kier molecular flexibility index (Phi) is 4.62. The van der Waals surface area contributed by atoms with E-state index in [1.807, 2.05) is 0 Å². The summed E-state index contributed by atoms with van der Waals surface area (Å²) in [6, 6.07) is 1.66. The monoisotopic (exact) mass is 292 g/mol. The van der Waals surface area contributed by atoms with E-state index in [1.165, 1.54) is 19.4 Å². The Morgan fingerprint density at radius 1 is 1.43 bits per heavy atom. The lowest BCUT2D eigenvalue weighted by Crippen LogP contribution is -2.41. The number of carbonyl (C=O) groups excluding carboxylic acids is 2. The van der Waals surface area contributed by atoms with Gasteiger partial charge < -0.3 is 21.1 Å². The van der Waals surface area contributed by atoms with Crippen molar-refractivity contribution in [2.45, 2.75) is 31.7 Å². The van der Waals surface area contributed by atoms with E-state index in [1.54, 1.807) is 4.90 Å². The molecule has 0 aliphatic heterocycles. The molecule has 0 spiro atoms. The maximum absolute atomic E-state index is 11.9. The molecule has 1 fully saturated rings. The molecule has 1 heterocycles. The number of pyridine rings is 1. The van der Waals surface area contributed by atoms with Gasteiger partial charge in [-0.05, 0) is 18.9 Å². The van der Waals surface area contributed by atoms with Crippen LogP contribution in [0.5, 0.6) is 0 Å². The number of nitrogen functional groups attached to an aromatic ring is 1. The van der Waals surface area contributed by atoms with Gasteiger partial charge in [0.2, 0.25) is 5.91 Å². The van der Waals surface area contributed by atoms with Crippen molar-refractivity contribution >= 4 is 23.4 Å². The van der Waals surface area contributed by atoms with Crippen LogP contribution in [-0.2, 0) is 9.53 Å². The number of ether oxygens (including phenoxy) is 1. The lowest BCUT2D eigenvalue weighted by Gasteiger charge is -2.30. The zero-order valence-electron chi connectivity index (χ0n) is 12.0. The number of methoxy groups -OCH3 is 1. The van der Waals surface area contributed by atoms with Crippen molar-refractivity contribution in [2.75, 3.05) is 24.3 Å². The SMILES string of the molecule is COC(=O)c1cc(N)cnc1N(CC(N)=O)C1CCCC1. The Morgan fingerprint density at radius 3 is 2.67 bits per heavy atom. The molecule has 2 rings (SSSR count). The second-order valence-corrected chi connectivity index (χ2v) is 5.16. The third kappa shape index (κ3) is 3.42. The summed E-state index contributed by atoms with van der Waals surface area (Å²) in [6.07, 6.45) is 5.52. The van der Waals surface area contributed by atoms with Crippen molar-refractivity contribution in [3.8, 4) is 0 Å². The summed E-state index contributed by atoms with van der Waals surface area (Å²) in [5, 5.41) is 0. The van der Waals surface area contributed by atoms with Crippen molar-refractivity contribution in [3.05, 3.63) is 17.8 Å². The van der Waals surface area contributed by atoms with Gasteiger partial charge in [-0.3, -0.25) is 4.79 Å². The van der Waals surface area contributed by atoms with Crippen molar-refractivity contribution in [1.29, 1.82) is 0 Å². The molecule has 0 radical (unpaired) electrons. The van der Waals surface area contributed by atoms with E-state index in [9.17, 15) is 9.59 Å². The number of anilines is 2. The molecule has 0 atom stereocenters. The molecule has 0 unspecified atom stereocenters. The first-order chi connectivity index (χ1) is 10.0. The Morgan fingerprint density at radius 2 is 2.10 bits per heavy atom. The van der Waals surface area contributed by atoms with Crippen LogP contribution >= 0.6 is 0 Å². The standard InChI is InChI=1S/C14H20N4O3/c1-21-14(20)11-6-9(15)7-17-13(11)18(8-12(16)19)10-4-2-3-5-10/h6-7,10H,2-5,8,15H2,1H3,(H2,16,19). The van der Waals surface area contributed by atoms with Gasteiger partial charge in [0.05, 0.1) is 25.5 Å². The topological polar surface area (TPSA) is 112 Å². The highest BCUT2D eigenvalue weighted by Crippen LogP contribution is 2.30. The number of primary amides is 1. The van der Waals surface area contributed by atoms with Gasteiger partial charge in [0.1, 0.15) is 11.4 Å². The van der Waals surface area contributed by atoms with Gasteiger partial charge >= 0.3 is 5.97 Å². The fourth-order valence-corrected chi connectivity index (χ4v) is 2.72. The van der Waals surface area contributed by atoms with E-state index < -0.39 is 11.9 Å². The molecule has 1 aromatic rings. The summed E-state index contributed by atoms with van der Waals surface area (Å²) in [4.78, 5) is 29.3. The fraction of sp³-hybridized carbons (Fsp3) is 0.500. The molecular weight excluding hydrogens is 272 g/mol. The van der Waals surface area contributed by atoms with Crippen LogP contribution in [0.25, 0.3) is 0 Å². The number of nitrogens with two attached hydrogens (primary N) is 2. The van der Waals surface area contributed by atoms with Crippen molar-refractivity contribution in [2.24, 2.45) is 5.73 Å². The molecule has 1 aliphatic carbocycles. The van der Waals surface area contributed by atoms with Crippen molar-refractivity contribution in [1.82, 2.24) is 4.98 Å². The zero-order chi connectivity index (χ0) is 15.4. The second kappa shape index (κ2) is 6.43. The summed E-state index contributed by atoms with van der Waals surface area (Å²) in [6.45, 7) is 0.0194. The largest absolute Gasteiger partial charge is 0.465 e. The van der Waals surface area contributed by atoms with E-state index in [4.69, 9.17) is 16.2 Å². The summed E-state index contributed by atoms with van der Waals surface area (Å²) >= 11 is 0. The minimum absolute atomic E-state index is 0.0194. The van der Waals surface area contributed by atoms with E-state index in [2.05, 4.69) is 4.98 Å². The second-order valence-electron chi connectivity index (χ2n) is 5.16. The highest BCUT2D eigenvalue weighted by Gasteiger charge is 2.28. The highest BCUT2D eigenvalue weighted by molar-refractivity contribution is 5.96. The normalized spacial score (nSPS) is 14.9. The molecule has 0 saturated heterocycles. The molecule has 1 aliphatic rings. The first-order valence-corrected chi connectivity index (χ1v) is 6.91. The van der Waals surface area contributed by atoms with Crippen LogP contribution in [0.3, 0.4) is 0 Å². The minimum atomic E-state index is -0.530. The summed E-state index contributed by atoms with van der Waals surface area (Å²) in [5.41, 5.74) is 11.7. The summed E-state index contributed by atoms with van der Waals surface area (Å²) in [7, 11) is 1.29. The van der Waals surface area contributed by atoms with Crippen LogP contribution in [0.15, 0.2) is 12.3 Å². The molecule has 7 heteroatoms. The van der Waals surface area contributed by atoms with E-state index in [0.717, 1.165) is 25.7 Å². The number of nitrogens with zero attached hydrogens (tertiary/aromatic N) is 2. The Bertz CT molecular complexity index is 541. The number of rotatable bonds is 5. The van der Waals surface area contributed by atoms with Gasteiger partial charge in [-0.1, -0.05) is 12.8 Å². The average Bonchev–Trinajstić information content (AvgIpc) is 2.98. The molecule has 1 amide bonds. The number of esters is 1. The smallest absolute Gasteiger partial charge is 0.341 e. The van der Waals surface area contributed by atoms with Gasteiger partial charge in [-0.15, -0.1) is 0 Å². The van der Waals surface area contributed by atoms with E-state index >= 15 is 0 Å². The third-order valence-corrected chi connectivity index (χ3v) is 3.66. The molecule has 0 aromatic carbocycles. The zero-order valence-corrected chi connectivity index (χ0v) is 12.0. The maximum Gasteiger partial charge on any atom is 0.341 e. The van der Waals surface area contributed by atoms with Crippen LogP contribution in [0.4, 0.5) is 11.5 Å². The number of hydrogen-bond acceptors (Lipinski definition) is 6. The minimum Gasteiger partial charge on any atom is -0.465 e. The number of hydrogen-bond donors (Lipinski definition) is 2. The van der Waals surface area contributed by atoms with Crippen molar-refractivity contribution in [3.63, 3.8) is 0 Å². The molecule has 21 heavy (non-hydrogen) atoms. The first kappa shape index (κ1) is 15.1. The molecule has 7 nitrogen and oxygen atoms in total. The van der Waals surface area contributed by atoms with E-state index in [-0.39, 0.29) is 18.2 Å². The Balaban J connectivity index is 2.42. The van der Waals surface area contributed by atoms with Crippen LogP contribution in [0.1, 0.15) is 36.0 Å². The number of carbonyl (C=O) groups is 2. The molecule has 1 aromatic heterocycles. The van der Waals surface area contributed by atoms with Crippen LogP contribution in [0.2, 0.25) is 0 Å². The van der Waals surface area contributed by atoms with Crippen LogP contribution < -0.4 is 16.4 Å². The first-order valence-electron chi connectivity index (χ1n) is 6.91. The van der Waals surface area contributed by atoms with Gasteiger partial charge in [0, 0.05) is 6.04 Å². The molecule has 0 bridgehead atoms. The third-order valence-electron chi connectivity index (χ3n) is 3.66. The predicted molar refractivity (Wildman–Crippen MR) is 78.8 cm³/mol. The number of amides is 1. The average molecular weight is 292 g/mol. The number of aromatic nitrogens is 1. The van der Waals surface area contributed by atoms with Crippen LogP contribution in [-0.4, -0.2) is 36.6 Å². The summed E-state index contributed by atoms with van der Waals surface area (Å²) < 4.78 is 4.77. The van der Waals surface area contributed by atoms with Gasteiger partial charge in [0.25, 0.3) is 0 Å². The maximum atomic E-state index is 11.9. The lowest BCUT2D eigenvalue weighted by molar-refractivity contribution is -0.116. The fourth-order valence-electron chi connectivity index (χ4n) is 2.72. The molecular formula is C14H20N4O3. The Labute approximate surface area is 123 Å². The quantitative estimate of drug-likeness (QED) is 0.772. The highest BCUT2D eigenvalue weighted by atomic mass is 16.5. The van der Waals surface area contributed by atoms with Crippen LogP contribution in [0, 0.1) is 0 Å². The van der Waals surface area contributed by atoms with Gasteiger partial charge in [0.15, 0.2) is 0 Å². The predicted octanol–water partition coefficient (Wildman–Crippen LogP) is 0.685. The lowest BCUT2D eigenvalue weighted by atomic mass is 10.1. The molecule has 4 N–H and O–H groups in total. The molecule has 1 saturated carbocycles. The van der Waals surface area contributed by atoms with Crippen molar-refractivity contribution < 1.29 is 14.3 Å². The summed E-state index contributed by atoms with van der Waals surface area (Å²) in [5.74, 6) is -0.588.